The smallest absolute Gasteiger partial charge is 0.161 e. The molecule has 0 aliphatic rings. The highest BCUT2D eigenvalue weighted by Crippen LogP contribution is 2.43. The van der Waals surface area contributed by atoms with Gasteiger partial charge in [-0.05, 0) is 185 Å². The first-order valence-electron chi connectivity index (χ1n) is 36.9. The van der Waals surface area contributed by atoms with Crippen LogP contribution in [-0.4, -0.2) is 33.2 Å². The van der Waals surface area contributed by atoms with Gasteiger partial charge in [-0.15, -0.1) is 0 Å². The van der Waals surface area contributed by atoms with E-state index in [0.717, 1.165) is 121 Å². The summed E-state index contributed by atoms with van der Waals surface area (Å²) in [6, 6.07) is 112. The number of hydrogen-bond donors (Lipinski definition) is 0. The second-order valence-electron chi connectivity index (χ2n) is 26.1. The zero-order chi connectivity index (χ0) is 73.3. The minimum absolute atomic E-state index is 0.122. The Hall–Kier alpha value is -14.5. The van der Waals surface area contributed by atoms with Gasteiger partial charge in [0.15, 0.2) is 11.5 Å². The standard InChI is InChI=1S/C50H30N4.C45H27N5/c51-31-36-30-45(52-44-16-8-6-13-39(36)44)33-18-23-38(24-19-33)53-46-17-9-7-15-41(46)42-28-34(21-25-47(42)53)35-22-26-48-43(29-35)50-40-14-5-4-10-32(40)20-27-49(50)54(48)37-11-2-1-3-12-37;46-28-40-37-14-4-7-15-39(37)47-45(48-40)29-18-22-33(23-19-29)49-42-17-9-6-13-35(42)38-26-30(21-25-43(38)49)31-20-24-36-34-12-5-8-16-41(34)50(44(36)27-31)32-10-2-1-3-11-32/h1-30H;1-27H/i;1D,2D,3D,10D,11D. The molecule has 21 rings (SSSR count). The van der Waals surface area contributed by atoms with Crippen molar-refractivity contribution < 1.29 is 6.85 Å². The molecule has 6 heterocycles. The highest BCUT2D eigenvalue weighted by atomic mass is 15.0. The van der Waals surface area contributed by atoms with Crippen molar-refractivity contribution in [1.82, 2.24) is 33.2 Å². The minimum Gasteiger partial charge on any atom is -0.309 e. The molecule has 15 aromatic carbocycles. The van der Waals surface area contributed by atoms with Crippen LogP contribution in [0.5, 0.6) is 0 Å². The van der Waals surface area contributed by atoms with Gasteiger partial charge in [0.05, 0.1) is 79.3 Å². The van der Waals surface area contributed by atoms with Crippen LogP contribution in [0.3, 0.4) is 0 Å². The van der Waals surface area contributed by atoms with Crippen molar-refractivity contribution in [3.05, 3.63) is 357 Å². The molecule has 104 heavy (non-hydrogen) atoms. The lowest BCUT2D eigenvalue weighted by molar-refractivity contribution is 1.17. The van der Waals surface area contributed by atoms with Crippen LogP contribution in [0, 0.1) is 22.7 Å². The molecule has 0 atom stereocenters. The third-order valence-electron chi connectivity index (χ3n) is 20.4. The second-order valence-corrected chi connectivity index (χ2v) is 26.1. The average Bonchev–Trinajstić information content (AvgIpc) is 1.59. The Kier molecular flexibility index (Phi) is 12.6. The van der Waals surface area contributed by atoms with E-state index < -0.39 is 6.04 Å². The lowest BCUT2D eigenvalue weighted by Gasteiger charge is -2.11. The van der Waals surface area contributed by atoms with Gasteiger partial charge >= 0.3 is 0 Å². The molecule has 0 unspecified atom stereocenters. The number of fused-ring (bicyclic) bond motifs is 16. The molecule has 0 saturated carbocycles. The van der Waals surface area contributed by atoms with Crippen molar-refractivity contribution in [1.29, 1.82) is 10.5 Å². The summed E-state index contributed by atoms with van der Waals surface area (Å²) in [4.78, 5) is 14.2. The molecule has 0 saturated heterocycles. The molecule has 0 aliphatic carbocycles. The van der Waals surface area contributed by atoms with Gasteiger partial charge in [-0.1, -0.05) is 194 Å². The van der Waals surface area contributed by atoms with E-state index in [4.69, 9.17) is 16.8 Å². The van der Waals surface area contributed by atoms with E-state index in [1.165, 1.54) is 54.5 Å². The maximum atomic E-state index is 9.86. The van der Waals surface area contributed by atoms with Crippen LogP contribution in [0.15, 0.2) is 346 Å². The van der Waals surface area contributed by atoms with E-state index in [0.29, 0.717) is 17.1 Å². The summed E-state index contributed by atoms with van der Waals surface area (Å²) in [6.45, 7) is 0. The van der Waals surface area contributed by atoms with Gasteiger partial charge in [0, 0.05) is 87.7 Å². The largest absolute Gasteiger partial charge is 0.309 e. The lowest BCUT2D eigenvalue weighted by atomic mass is 9.99. The zero-order valence-electron chi connectivity index (χ0n) is 60.5. The summed E-state index contributed by atoms with van der Waals surface area (Å²) < 4.78 is 51.3. The Morgan fingerprint density at radius 1 is 0.269 bits per heavy atom. The number of nitriles is 2. The molecule has 0 spiro atoms. The molecule has 0 fully saturated rings. The number of nitrogens with zero attached hydrogens (tertiary/aromatic N) is 9. The van der Waals surface area contributed by atoms with Crippen molar-refractivity contribution in [3.8, 4) is 79.8 Å². The van der Waals surface area contributed by atoms with Crippen LogP contribution >= 0.6 is 0 Å². The van der Waals surface area contributed by atoms with E-state index in [-0.39, 0.29) is 29.9 Å². The Labute approximate surface area is 603 Å². The number of pyridine rings is 1. The molecule has 9 nitrogen and oxygen atoms in total. The van der Waals surface area contributed by atoms with Crippen LogP contribution in [0.4, 0.5) is 0 Å². The van der Waals surface area contributed by atoms with Crippen molar-refractivity contribution in [2.45, 2.75) is 0 Å². The topological polar surface area (TPSA) is 106 Å². The zero-order valence-corrected chi connectivity index (χ0v) is 55.5. The lowest BCUT2D eigenvalue weighted by Crippen LogP contribution is -1.97. The number of rotatable bonds is 8. The van der Waals surface area contributed by atoms with Gasteiger partial charge < -0.3 is 18.3 Å². The first kappa shape index (κ1) is 54.4. The third kappa shape index (κ3) is 9.65. The second kappa shape index (κ2) is 24.1. The van der Waals surface area contributed by atoms with Gasteiger partial charge in [-0.3, -0.25) is 0 Å². The summed E-state index contributed by atoms with van der Waals surface area (Å²) in [5, 5.41) is 32.7. The Bertz CT molecular complexity index is 7480. The van der Waals surface area contributed by atoms with E-state index >= 15 is 0 Å². The summed E-state index contributed by atoms with van der Waals surface area (Å²) in [5.41, 5.74) is 21.0. The van der Waals surface area contributed by atoms with Crippen molar-refractivity contribution in [2.24, 2.45) is 0 Å². The number of hydrogen-bond acceptors (Lipinski definition) is 5. The summed E-state index contributed by atoms with van der Waals surface area (Å²) >= 11 is 0. The molecule has 0 N–H and O–H groups in total. The van der Waals surface area contributed by atoms with E-state index in [2.05, 4.69) is 219 Å². The molecule has 0 aliphatic heterocycles. The number of aromatic nitrogens is 7. The molecule has 0 bridgehead atoms. The maximum absolute atomic E-state index is 9.86. The molecule has 9 heteroatoms. The SMILES string of the molecule is N#Cc1cc(-c2ccc(-n3c4ccccc4c4cc(-c5ccc6c(c5)c5c7ccccc7ccc5n6-c5ccccc5)ccc43)cc2)nc2ccccc12.[2H]c1c([2H])c([2H])c(-n2c3ccccc3c3ccc(-c4ccc5c(c4)c4ccccc4n5-c4ccc(-c5nc(C#N)c6ccccc6n5)cc4)cc32)c([2H])c1[2H]. The molecule has 0 radical (unpaired) electrons. The predicted molar refractivity (Wildman–Crippen MR) is 427 cm³/mol. The normalized spacial score (nSPS) is 12.3. The van der Waals surface area contributed by atoms with Crippen LogP contribution in [0.25, 0.3) is 187 Å². The van der Waals surface area contributed by atoms with E-state index in [9.17, 15) is 10.5 Å². The van der Waals surface area contributed by atoms with Crippen molar-refractivity contribution in [3.63, 3.8) is 0 Å². The minimum atomic E-state index is -0.420. The Morgan fingerprint density at radius 3 is 1.32 bits per heavy atom. The monoisotopic (exact) mass is 1330 g/mol. The third-order valence-corrected chi connectivity index (χ3v) is 20.4. The van der Waals surface area contributed by atoms with Crippen LogP contribution in [0.2, 0.25) is 0 Å². The fraction of sp³-hybridized carbons (Fsp3) is 0. The Balaban J connectivity index is 0.000000143. The van der Waals surface area contributed by atoms with Crippen molar-refractivity contribution >= 4 is 120 Å². The van der Waals surface area contributed by atoms with Gasteiger partial charge in [0.1, 0.15) is 6.07 Å². The van der Waals surface area contributed by atoms with E-state index in [1.807, 2.05) is 127 Å². The van der Waals surface area contributed by atoms with Gasteiger partial charge in [0.2, 0.25) is 0 Å². The molecule has 6 aromatic heterocycles. The highest BCUT2D eigenvalue weighted by molar-refractivity contribution is 6.22. The maximum Gasteiger partial charge on any atom is 0.161 e. The number of para-hydroxylation sites is 7. The van der Waals surface area contributed by atoms with Gasteiger partial charge in [-0.2, -0.15) is 10.5 Å². The van der Waals surface area contributed by atoms with Crippen LogP contribution in [0.1, 0.15) is 18.1 Å². The molecular formula is C95H57N9. The molecule has 21 aromatic rings. The fourth-order valence-corrected chi connectivity index (χ4v) is 15.7. The number of benzene rings is 15. The van der Waals surface area contributed by atoms with Gasteiger partial charge in [-0.25, -0.2) is 15.0 Å². The van der Waals surface area contributed by atoms with Crippen LogP contribution < -0.4 is 0 Å². The fourth-order valence-electron chi connectivity index (χ4n) is 15.7. The molecule has 482 valence electrons. The molecular weight excluding hydrogens is 1270 g/mol. The summed E-state index contributed by atoms with van der Waals surface area (Å²) in [7, 11) is 0. The average molecular weight is 1330 g/mol. The van der Waals surface area contributed by atoms with Gasteiger partial charge in [0.25, 0.3) is 0 Å². The van der Waals surface area contributed by atoms with Crippen molar-refractivity contribution in [2.75, 3.05) is 0 Å². The van der Waals surface area contributed by atoms with Crippen LogP contribution in [-0.2, 0) is 0 Å². The first-order valence-corrected chi connectivity index (χ1v) is 34.4. The predicted octanol–water partition coefficient (Wildman–Crippen LogP) is 23.8. The molecule has 0 amide bonds. The highest BCUT2D eigenvalue weighted by Gasteiger charge is 2.21. The summed E-state index contributed by atoms with van der Waals surface area (Å²) in [5.74, 6) is 0.497. The summed E-state index contributed by atoms with van der Waals surface area (Å²) in [6.07, 6.45) is 0. The Morgan fingerprint density at radius 2 is 0.702 bits per heavy atom. The first-order chi connectivity index (χ1) is 53.5. The quantitative estimate of drug-likeness (QED) is 0.151. The van der Waals surface area contributed by atoms with E-state index in [1.54, 1.807) is 4.57 Å².